The Bertz CT molecular complexity index is 468. The first kappa shape index (κ1) is 12.7. The molecule has 0 saturated heterocycles. The zero-order valence-electron chi connectivity index (χ0n) is 9.92. The van der Waals surface area contributed by atoms with Gasteiger partial charge in [-0.2, -0.15) is 0 Å². The minimum Gasteiger partial charge on any atom is -0.495 e. The normalized spacial score (nSPS) is 17.3. The number of carbonyl (C=O) groups is 1. The average molecular weight is 269 g/mol. The van der Waals surface area contributed by atoms with Crippen LogP contribution in [0.3, 0.4) is 0 Å². The van der Waals surface area contributed by atoms with Crippen LogP contribution in [0.15, 0.2) is 16.6 Å². The highest BCUT2D eigenvalue weighted by Gasteiger charge is 2.35. The molecule has 1 aromatic heterocycles. The van der Waals surface area contributed by atoms with Crippen molar-refractivity contribution >= 4 is 23.1 Å². The van der Waals surface area contributed by atoms with Crippen molar-refractivity contribution in [1.82, 2.24) is 5.32 Å². The van der Waals surface area contributed by atoms with Crippen molar-refractivity contribution < 1.29 is 14.7 Å². The zero-order chi connectivity index (χ0) is 13.1. The van der Waals surface area contributed by atoms with Crippen LogP contribution in [0.25, 0.3) is 0 Å². The van der Waals surface area contributed by atoms with Gasteiger partial charge in [-0.3, -0.25) is 4.79 Å². The molecule has 98 valence electrons. The molecule has 1 unspecified atom stereocenters. The van der Waals surface area contributed by atoms with Gasteiger partial charge in [-0.1, -0.05) is 5.16 Å². The second-order valence-electron chi connectivity index (χ2n) is 4.13. The molecular formula is C11H15N3O3S. The lowest BCUT2D eigenvalue weighted by atomic mass is 10.1. The Morgan fingerprint density at radius 3 is 3.00 bits per heavy atom. The minimum atomic E-state index is -0.408. The van der Waals surface area contributed by atoms with E-state index in [4.69, 9.17) is 15.7 Å². The highest BCUT2D eigenvalue weighted by molar-refractivity contribution is 7.12. The maximum absolute atomic E-state index is 12.1. The van der Waals surface area contributed by atoms with Crippen molar-refractivity contribution in [2.75, 3.05) is 7.11 Å². The van der Waals surface area contributed by atoms with Gasteiger partial charge in [0.2, 0.25) is 0 Å². The predicted octanol–water partition coefficient (Wildman–Crippen LogP) is 1.01. The van der Waals surface area contributed by atoms with E-state index in [0.29, 0.717) is 10.6 Å². The first-order valence-electron chi connectivity index (χ1n) is 5.57. The van der Waals surface area contributed by atoms with Crippen molar-refractivity contribution in [3.05, 3.63) is 16.3 Å². The summed E-state index contributed by atoms with van der Waals surface area (Å²) in [5, 5.41) is 16.3. The third-order valence-electron chi connectivity index (χ3n) is 2.87. The monoisotopic (exact) mass is 269 g/mol. The number of hydrogen-bond acceptors (Lipinski definition) is 5. The lowest BCUT2D eigenvalue weighted by molar-refractivity contribution is 0.0944. The molecule has 4 N–H and O–H groups in total. The second kappa shape index (κ2) is 5.26. The van der Waals surface area contributed by atoms with E-state index in [1.165, 1.54) is 18.4 Å². The molecule has 6 nitrogen and oxygen atoms in total. The summed E-state index contributed by atoms with van der Waals surface area (Å²) in [5.41, 5.74) is 5.59. The molecule has 1 aromatic rings. The molecule has 1 saturated carbocycles. The van der Waals surface area contributed by atoms with Crippen molar-refractivity contribution in [3.8, 4) is 5.75 Å². The van der Waals surface area contributed by atoms with Gasteiger partial charge in [-0.05, 0) is 30.2 Å². The summed E-state index contributed by atoms with van der Waals surface area (Å²) in [5.74, 6) is 0.578. The summed E-state index contributed by atoms with van der Waals surface area (Å²) in [6, 6.07) is 1.32. The number of hydrogen-bond donors (Lipinski definition) is 3. The number of amides is 1. The molecule has 1 atom stereocenters. The third kappa shape index (κ3) is 2.56. The Morgan fingerprint density at radius 1 is 1.72 bits per heavy atom. The lowest BCUT2D eigenvalue weighted by Gasteiger charge is -2.16. The van der Waals surface area contributed by atoms with E-state index in [1.54, 1.807) is 11.4 Å². The lowest BCUT2D eigenvalue weighted by Crippen LogP contribution is -2.46. The van der Waals surface area contributed by atoms with Crippen LogP contribution >= 0.6 is 11.3 Å². The summed E-state index contributed by atoms with van der Waals surface area (Å²) in [7, 11) is 1.51. The summed E-state index contributed by atoms with van der Waals surface area (Å²) < 4.78 is 5.09. The molecule has 0 aromatic carbocycles. The van der Waals surface area contributed by atoms with Crippen LogP contribution in [0.2, 0.25) is 0 Å². The maximum Gasteiger partial charge on any atom is 0.265 e. The SMILES string of the molecule is COc1ccsc1C(=O)NC(/C(N)=N/O)C1CC1. The largest absolute Gasteiger partial charge is 0.495 e. The summed E-state index contributed by atoms with van der Waals surface area (Å²) in [6.07, 6.45) is 1.95. The van der Waals surface area contributed by atoms with Gasteiger partial charge in [0.15, 0.2) is 5.84 Å². The summed E-state index contributed by atoms with van der Waals surface area (Å²) >= 11 is 1.30. The van der Waals surface area contributed by atoms with Gasteiger partial charge in [0, 0.05) is 0 Å². The standard InChI is InChI=1S/C11H15N3O3S/c1-17-7-4-5-18-9(7)11(15)13-8(6-2-3-6)10(12)14-16/h4-6,8,16H,2-3H2,1H3,(H2,12,14)(H,13,15). The third-order valence-corrected chi connectivity index (χ3v) is 3.76. The number of nitrogens with one attached hydrogen (secondary N) is 1. The van der Waals surface area contributed by atoms with Gasteiger partial charge in [-0.25, -0.2) is 0 Å². The molecule has 0 aliphatic heterocycles. The number of ether oxygens (including phenoxy) is 1. The van der Waals surface area contributed by atoms with Crippen LogP contribution in [-0.2, 0) is 0 Å². The van der Waals surface area contributed by atoms with Gasteiger partial charge in [0.25, 0.3) is 5.91 Å². The average Bonchev–Trinajstić information content (AvgIpc) is 3.11. The summed E-state index contributed by atoms with van der Waals surface area (Å²) in [6.45, 7) is 0. The molecule has 18 heavy (non-hydrogen) atoms. The number of methoxy groups -OCH3 is 1. The fourth-order valence-electron chi connectivity index (χ4n) is 1.76. The zero-order valence-corrected chi connectivity index (χ0v) is 10.7. The Labute approximate surface area is 108 Å². The molecule has 0 bridgehead atoms. The molecule has 1 amide bonds. The van der Waals surface area contributed by atoms with E-state index in [9.17, 15) is 4.79 Å². The highest BCUT2D eigenvalue weighted by Crippen LogP contribution is 2.33. The van der Waals surface area contributed by atoms with Crippen LogP contribution in [0.4, 0.5) is 0 Å². The van der Waals surface area contributed by atoms with Gasteiger partial charge < -0.3 is 21.0 Å². The Balaban J connectivity index is 2.10. The van der Waals surface area contributed by atoms with E-state index in [1.807, 2.05) is 0 Å². The van der Waals surface area contributed by atoms with Crippen molar-refractivity contribution in [1.29, 1.82) is 0 Å². The molecule has 1 aliphatic carbocycles. The van der Waals surface area contributed by atoms with Crippen LogP contribution in [0.1, 0.15) is 22.5 Å². The highest BCUT2D eigenvalue weighted by atomic mass is 32.1. The number of amidine groups is 1. The Hall–Kier alpha value is -1.76. The number of carbonyl (C=O) groups excluding carboxylic acids is 1. The van der Waals surface area contributed by atoms with E-state index >= 15 is 0 Å². The van der Waals surface area contributed by atoms with E-state index < -0.39 is 6.04 Å². The number of oxime groups is 1. The van der Waals surface area contributed by atoms with Gasteiger partial charge >= 0.3 is 0 Å². The predicted molar refractivity (Wildman–Crippen MR) is 68.3 cm³/mol. The topological polar surface area (TPSA) is 96.9 Å². The number of thiophene rings is 1. The minimum absolute atomic E-state index is 0.0429. The van der Waals surface area contributed by atoms with Gasteiger partial charge in [0.05, 0.1) is 13.2 Å². The van der Waals surface area contributed by atoms with E-state index in [0.717, 1.165) is 12.8 Å². The molecule has 1 aliphatic rings. The molecular weight excluding hydrogens is 254 g/mol. The molecule has 0 radical (unpaired) electrons. The molecule has 2 rings (SSSR count). The van der Waals surface area contributed by atoms with Crippen LogP contribution in [0.5, 0.6) is 5.75 Å². The Kier molecular flexibility index (Phi) is 3.71. The molecule has 0 spiro atoms. The maximum atomic E-state index is 12.1. The quantitative estimate of drug-likeness (QED) is 0.321. The second-order valence-corrected chi connectivity index (χ2v) is 5.05. The molecule has 1 fully saturated rings. The first-order valence-corrected chi connectivity index (χ1v) is 6.45. The fraction of sp³-hybridized carbons (Fsp3) is 0.455. The first-order chi connectivity index (χ1) is 8.67. The molecule has 1 heterocycles. The van der Waals surface area contributed by atoms with Crippen LogP contribution < -0.4 is 15.8 Å². The molecule has 7 heteroatoms. The van der Waals surface area contributed by atoms with Crippen LogP contribution in [0, 0.1) is 5.92 Å². The van der Waals surface area contributed by atoms with Crippen molar-refractivity contribution in [3.63, 3.8) is 0 Å². The van der Waals surface area contributed by atoms with Crippen molar-refractivity contribution in [2.24, 2.45) is 16.8 Å². The number of nitrogens with two attached hydrogens (primary N) is 1. The smallest absolute Gasteiger partial charge is 0.265 e. The summed E-state index contributed by atoms with van der Waals surface area (Å²) in [4.78, 5) is 12.6. The van der Waals surface area contributed by atoms with E-state index in [2.05, 4.69) is 10.5 Å². The van der Waals surface area contributed by atoms with Gasteiger partial charge in [-0.15, -0.1) is 11.3 Å². The van der Waals surface area contributed by atoms with Crippen molar-refractivity contribution in [2.45, 2.75) is 18.9 Å². The fourth-order valence-corrected chi connectivity index (χ4v) is 2.52. The van der Waals surface area contributed by atoms with E-state index in [-0.39, 0.29) is 17.7 Å². The van der Waals surface area contributed by atoms with Crippen LogP contribution in [-0.4, -0.2) is 30.1 Å². The van der Waals surface area contributed by atoms with Gasteiger partial charge in [0.1, 0.15) is 10.6 Å². The Morgan fingerprint density at radius 2 is 2.44 bits per heavy atom. The number of nitrogens with zero attached hydrogens (tertiary/aromatic N) is 1. The number of rotatable bonds is 5.